The third kappa shape index (κ3) is 3.20. The first-order chi connectivity index (χ1) is 12.1. The number of aromatic nitrogens is 4. The van der Waals surface area contributed by atoms with Gasteiger partial charge >= 0.3 is 0 Å². The number of carbonyl (C=O) groups is 1. The molecule has 25 heavy (non-hydrogen) atoms. The quantitative estimate of drug-likeness (QED) is 0.775. The van der Waals surface area contributed by atoms with Crippen molar-refractivity contribution in [3.8, 4) is 5.69 Å². The van der Waals surface area contributed by atoms with Crippen LogP contribution in [0.3, 0.4) is 0 Å². The van der Waals surface area contributed by atoms with Gasteiger partial charge in [-0.3, -0.25) is 9.48 Å². The Hall–Kier alpha value is -2.89. The molecule has 1 atom stereocenters. The molecule has 1 aliphatic carbocycles. The van der Waals surface area contributed by atoms with Crippen LogP contribution in [0.1, 0.15) is 42.0 Å². The number of rotatable bonds is 5. The van der Waals surface area contributed by atoms with Crippen LogP contribution in [0, 0.1) is 12.8 Å². The number of benzene rings is 1. The van der Waals surface area contributed by atoms with E-state index in [0.717, 1.165) is 17.1 Å². The highest BCUT2D eigenvalue weighted by Crippen LogP contribution is 2.39. The fourth-order valence-electron chi connectivity index (χ4n) is 3.14. The van der Waals surface area contributed by atoms with Crippen LogP contribution in [0.25, 0.3) is 5.69 Å². The van der Waals surface area contributed by atoms with Gasteiger partial charge in [-0.15, -0.1) is 0 Å². The molecule has 1 fully saturated rings. The second-order valence-electron chi connectivity index (χ2n) is 6.67. The highest BCUT2D eigenvalue weighted by Gasteiger charge is 2.30. The lowest BCUT2D eigenvalue weighted by Gasteiger charge is -2.12. The number of anilines is 1. The molecule has 0 bridgehead atoms. The molecule has 2 aromatic heterocycles. The predicted octanol–water partition coefficient (Wildman–Crippen LogP) is 3.60. The summed E-state index contributed by atoms with van der Waals surface area (Å²) in [7, 11) is 0. The van der Waals surface area contributed by atoms with Crippen molar-refractivity contribution in [2.45, 2.75) is 32.7 Å². The molecule has 1 saturated carbocycles. The zero-order valence-corrected chi connectivity index (χ0v) is 14.4. The molecule has 6 heteroatoms. The van der Waals surface area contributed by atoms with Gasteiger partial charge in [0.2, 0.25) is 0 Å². The minimum atomic E-state index is -0.187. The fraction of sp³-hybridized carbons (Fsp3) is 0.316. The summed E-state index contributed by atoms with van der Waals surface area (Å²) < 4.78 is 3.88. The van der Waals surface area contributed by atoms with Crippen molar-refractivity contribution in [1.29, 1.82) is 0 Å². The summed E-state index contributed by atoms with van der Waals surface area (Å²) in [6, 6.07) is 9.86. The molecule has 6 nitrogen and oxygen atoms in total. The normalized spacial score (nSPS) is 15.1. The van der Waals surface area contributed by atoms with E-state index in [9.17, 15) is 4.79 Å². The molecule has 4 rings (SSSR count). The van der Waals surface area contributed by atoms with E-state index in [1.165, 1.54) is 12.8 Å². The maximum Gasteiger partial charge on any atom is 0.276 e. The molecule has 0 unspecified atom stereocenters. The lowest BCUT2D eigenvalue weighted by Crippen LogP contribution is -2.15. The fourth-order valence-corrected chi connectivity index (χ4v) is 3.14. The van der Waals surface area contributed by atoms with Gasteiger partial charge < -0.3 is 9.88 Å². The third-order valence-electron chi connectivity index (χ3n) is 4.75. The van der Waals surface area contributed by atoms with E-state index in [-0.39, 0.29) is 5.91 Å². The molecule has 1 N–H and O–H groups in total. The molecule has 0 saturated heterocycles. The molecule has 1 aliphatic rings. The van der Waals surface area contributed by atoms with Crippen LogP contribution in [-0.2, 0) is 0 Å². The van der Waals surface area contributed by atoms with Gasteiger partial charge in [0.25, 0.3) is 5.91 Å². The van der Waals surface area contributed by atoms with E-state index < -0.39 is 0 Å². The highest BCUT2D eigenvalue weighted by atomic mass is 16.1. The summed E-state index contributed by atoms with van der Waals surface area (Å²) in [4.78, 5) is 16.6. The Morgan fingerprint density at radius 1 is 1.32 bits per heavy atom. The van der Waals surface area contributed by atoms with Crippen molar-refractivity contribution in [3.05, 3.63) is 60.4 Å². The van der Waals surface area contributed by atoms with Gasteiger partial charge in [0.15, 0.2) is 5.69 Å². The molecule has 1 amide bonds. The summed E-state index contributed by atoms with van der Waals surface area (Å²) in [5, 5.41) is 7.47. The van der Waals surface area contributed by atoms with E-state index >= 15 is 0 Å². The van der Waals surface area contributed by atoms with Crippen LogP contribution >= 0.6 is 0 Å². The topological polar surface area (TPSA) is 64.7 Å². The van der Waals surface area contributed by atoms with E-state index in [1.54, 1.807) is 12.5 Å². The van der Waals surface area contributed by atoms with E-state index in [0.29, 0.717) is 17.7 Å². The van der Waals surface area contributed by atoms with Gasteiger partial charge in [0, 0.05) is 29.5 Å². The Morgan fingerprint density at radius 3 is 2.88 bits per heavy atom. The number of carbonyl (C=O) groups excluding carboxylic acids is 1. The second-order valence-corrected chi connectivity index (χ2v) is 6.67. The van der Waals surface area contributed by atoms with Crippen molar-refractivity contribution >= 4 is 11.6 Å². The number of nitrogens with zero attached hydrogens (tertiary/aromatic N) is 4. The van der Waals surface area contributed by atoms with Crippen LogP contribution in [-0.4, -0.2) is 25.2 Å². The van der Waals surface area contributed by atoms with Crippen molar-refractivity contribution < 1.29 is 4.79 Å². The average Bonchev–Trinajstić information content (AvgIpc) is 3.16. The van der Waals surface area contributed by atoms with Gasteiger partial charge in [-0.2, -0.15) is 5.10 Å². The Balaban J connectivity index is 1.52. The summed E-state index contributed by atoms with van der Waals surface area (Å²) >= 11 is 0. The molecule has 0 aliphatic heterocycles. The van der Waals surface area contributed by atoms with Crippen molar-refractivity contribution in [3.63, 3.8) is 0 Å². The lowest BCUT2D eigenvalue weighted by molar-refractivity contribution is 0.102. The summed E-state index contributed by atoms with van der Waals surface area (Å²) in [5.74, 6) is 0.508. The number of nitrogens with one attached hydrogen (secondary N) is 1. The molecular formula is C19H21N5O. The predicted molar refractivity (Wildman–Crippen MR) is 95.9 cm³/mol. The molecule has 3 aromatic rings. The smallest absolute Gasteiger partial charge is 0.276 e. The standard InChI is InChI=1S/C19H21N5O/c1-13-10-18(22-24(13)14(2)15-6-7-15)19(25)21-16-4-3-5-17(11-16)23-9-8-20-12-23/h3-5,8-12,14-15H,6-7H2,1-2H3,(H,21,25)/t14-/m1/s1. The first-order valence-corrected chi connectivity index (χ1v) is 8.58. The van der Waals surface area contributed by atoms with Crippen LogP contribution in [0.4, 0.5) is 5.69 Å². The van der Waals surface area contributed by atoms with Gasteiger partial charge in [0.1, 0.15) is 0 Å². The second kappa shape index (κ2) is 6.20. The molecule has 128 valence electrons. The van der Waals surface area contributed by atoms with Crippen LogP contribution < -0.4 is 5.32 Å². The van der Waals surface area contributed by atoms with Gasteiger partial charge in [-0.25, -0.2) is 4.98 Å². The monoisotopic (exact) mass is 335 g/mol. The zero-order chi connectivity index (χ0) is 17.4. The van der Waals surface area contributed by atoms with Crippen LogP contribution in [0.2, 0.25) is 0 Å². The maximum absolute atomic E-state index is 12.6. The Kier molecular flexibility index (Phi) is 3.87. The van der Waals surface area contributed by atoms with E-state index in [4.69, 9.17) is 0 Å². The van der Waals surface area contributed by atoms with Crippen molar-refractivity contribution in [2.24, 2.45) is 5.92 Å². The Morgan fingerprint density at radius 2 is 2.16 bits per heavy atom. The summed E-state index contributed by atoms with van der Waals surface area (Å²) in [6.07, 6.45) is 7.82. The highest BCUT2D eigenvalue weighted by molar-refractivity contribution is 6.03. The Labute approximate surface area is 146 Å². The first-order valence-electron chi connectivity index (χ1n) is 8.58. The van der Waals surface area contributed by atoms with Gasteiger partial charge in [-0.05, 0) is 56.9 Å². The number of aryl methyl sites for hydroxylation is 1. The Bertz CT molecular complexity index is 892. The van der Waals surface area contributed by atoms with E-state index in [2.05, 4.69) is 22.3 Å². The first kappa shape index (κ1) is 15.6. The minimum absolute atomic E-state index is 0.187. The zero-order valence-electron chi connectivity index (χ0n) is 14.4. The number of amides is 1. The molecule has 2 heterocycles. The van der Waals surface area contributed by atoms with Crippen molar-refractivity contribution in [2.75, 3.05) is 5.32 Å². The average molecular weight is 335 g/mol. The third-order valence-corrected chi connectivity index (χ3v) is 4.75. The molecule has 1 aromatic carbocycles. The van der Waals surface area contributed by atoms with E-state index in [1.807, 2.05) is 52.7 Å². The SMILES string of the molecule is Cc1cc(C(=O)Nc2cccc(-n3ccnc3)c2)nn1[C@H](C)C1CC1. The number of hydrogen-bond acceptors (Lipinski definition) is 3. The molecule has 0 radical (unpaired) electrons. The minimum Gasteiger partial charge on any atom is -0.321 e. The molecule has 0 spiro atoms. The maximum atomic E-state index is 12.6. The van der Waals surface area contributed by atoms with Crippen LogP contribution in [0.5, 0.6) is 0 Å². The van der Waals surface area contributed by atoms with Crippen LogP contribution in [0.15, 0.2) is 49.1 Å². The van der Waals surface area contributed by atoms with Crippen molar-refractivity contribution in [1.82, 2.24) is 19.3 Å². The summed E-state index contributed by atoms with van der Waals surface area (Å²) in [6.45, 7) is 4.18. The van der Waals surface area contributed by atoms with Gasteiger partial charge in [-0.1, -0.05) is 6.07 Å². The number of imidazole rings is 1. The largest absolute Gasteiger partial charge is 0.321 e. The number of hydrogen-bond donors (Lipinski definition) is 1. The van der Waals surface area contributed by atoms with Gasteiger partial charge in [0.05, 0.1) is 12.4 Å². The molecular weight excluding hydrogens is 314 g/mol. The summed E-state index contributed by atoms with van der Waals surface area (Å²) in [5.41, 5.74) is 3.16. The lowest BCUT2D eigenvalue weighted by atomic mass is 10.2.